The molecular weight excluding hydrogens is 283 g/mol. The number of ether oxygens (including phenoxy) is 1. The van der Waals surface area contributed by atoms with Gasteiger partial charge in [-0.1, -0.05) is 19.1 Å². The van der Waals surface area contributed by atoms with Gasteiger partial charge in [-0.05, 0) is 25.5 Å². The number of nitrogens with zero attached hydrogens (tertiary/aromatic N) is 2. The van der Waals surface area contributed by atoms with Gasteiger partial charge in [-0.3, -0.25) is 9.80 Å². The van der Waals surface area contributed by atoms with Gasteiger partial charge in [0.15, 0.2) is 11.6 Å². The van der Waals surface area contributed by atoms with E-state index in [4.69, 9.17) is 4.74 Å². The molecule has 0 amide bonds. The van der Waals surface area contributed by atoms with Crippen LogP contribution in [-0.4, -0.2) is 66.4 Å². The summed E-state index contributed by atoms with van der Waals surface area (Å²) in [5.74, 6) is 0.0120. The summed E-state index contributed by atoms with van der Waals surface area (Å²) >= 11 is 0. The Morgan fingerprint density at radius 2 is 2.14 bits per heavy atom. The summed E-state index contributed by atoms with van der Waals surface area (Å²) in [5.41, 5.74) is 0. The van der Waals surface area contributed by atoms with E-state index in [1.807, 2.05) is 6.92 Å². The highest BCUT2D eigenvalue weighted by molar-refractivity contribution is 5.23. The molecule has 22 heavy (non-hydrogen) atoms. The number of para-hydroxylation sites is 1. The average molecular weight is 310 g/mol. The van der Waals surface area contributed by atoms with Crippen LogP contribution in [0.3, 0.4) is 0 Å². The number of hydrogen-bond acceptors (Lipinski definition) is 4. The standard InChI is InChI=1S/C17H27FN2O2/c1-3-15-13-19(8-9-20(15)12-14(2)21)10-11-22-17-7-5-4-6-16(17)18/h4-7,14-15,21H,3,8-13H2,1-2H3/t14-,15-/m1/s1. The molecule has 1 aliphatic heterocycles. The summed E-state index contributed by atoms with van der Waals surface area (Å²) in [6.45, 7) is 8.94. The van der Waals surface area contributed by atoms with Gasteiger partial charge in [-0.15, -0.1) is 0 Å². The highest BCUT2D eigenvalue weighted by Gasteiger charge is 2.26. The van der Waals surface area contributed by atoms with E-state index < -0.39 is 0 Å². The van der Waals surface area contributed by atoms with Gasteiger partial charge >= 0.3 is 0 Å². The molecule has 2 rings (SSSR count). The van der Waals surface area contributed by atoms with E-state index >= 15 is 0 Å². The lowest BCUT2D eigenvalue weighted by molar-refractivity contribution is 0.0321. The van der Waals surface area contributed by atoms with Crippen LogP contribution >= 0.6 is 0 Å². The molecule has 4 nitrogen and oxygen atoms in total. The van der Waals surface area contributed by atoms with E-state index in [2.05, 4.69) is 16.7 Å². The molecule has 0 bridgehead atoms. The zero-order valence-electron chi connectivity index (χ0n) is 13.5. The van der Waals surface area contributed by atoms with Crippen molar-refractivity contribution >= 4 is 0 Å². The molecule has 1 aromatic rings. The quantitative estimate of drug-likeness (QED) is 0.835. The molecule has 1 aliphatic rings. The van der Waals surface area contributed by atoms with Crippen molar-refractivity contribution in [1.82, 2.24) is 9.80 Å². The molecule has 0 saturated carbocycles. The molecule has 0 aliphatic carbocycles. The van der Waals surface area contributed by atoms with E-state index in [9.17, 15) is 9.50 Å². The Bertz CT molecular complexity index is 456. The summed E-state index contributed by atoms with van der Waals surface area (Å²) in [4.78, 5) is 4.71. The highest BCUT2D eigenvalue weighted by Crippen LogP contribution is 2.16. The van der Waals surface area contributed by atoms with Gasteiger partial charge in [-0.2, -0.15) is 0 Å². The maximum absolute atomic E-state index is 13.5. The molecule has 1 N–H and O–H groups in total. The van der Waals surface area contributed by atoms with Crippen LogP contribution in [0.1, 0.15) is 20.3 Å². The van der Waals surface area contributed by atoms with Crippen LogP contribution in [0.4, 0.5) is 4.39 Å². The monoisotopic (exact) mass is 310 g/mol. The number of benzene rings is 1. The van der Waals surface area contributed by atoms with Crippen molar-refractivity contribution in [1.29, 1.82) is 0 Å². The third-order valence-electron chi connectivity index (χ3n) is 4.16. The first-order chi connectivity index (χ1) is 10.6. The van der Waals surface area contributed by atoms with Crippen molar-refractivity contribution in [2.75, 3.05) is 39.3 Å². The molecule has 124 valence electrons. The van der Waals surface area contributed by atoms with Crippen LogP contribution in [0.2, 0.25) is 0 Å². The Balaban J connectivity index is 1.76. The SMILES string of the molecule is CC[C@@H]1CN(CCOc2ccccc2F)CCN1C[C@@H](C)O. The molecule has 1 heterocycles. The van der Waals surface area contributed by atoms with Crippen LogP contribution in [0.25, 0.3) is 0 Å². The minimum absolute atomic E-state index is 0.287. The Labute approximate surface area is 132 Å². The lowest BCUT2D eigenvalue weighted by Crippen LogP contribution is -2.55. The van der Waals surface area contributed by atoms with Crippen LogP contribution in [0, 0.1) is 5.82 Å². The van der Waals surface area contributed by atoms with Crippen molar-refractivity contribution in [3.05, 3.63) is 30.1 Å². The minimum Gasteiger partial charge on any atom is -0.489 e. The number of hydrogen-bond donors (Lipinski definition) is 1. The van der Waals surface area contributed by atoms with E-state index in [1.54, 1.807) is 18.2 Å². The maximum atomic E-state index is 13.5. The van der Waals surface area contributed by atoms with E-state index in [-0.39, 0.29) is 11.9 Å². The van der Waals surface area contributed by atoms with Gasteiger partial charge in [-0.25, -0.2) is 4.39 Å². The molecule has 1 aromatic carbocycles. The predicted octanol–water partition coefficient (Wildman–Crippen LogP) is 1.98. The summed E-state index contributed by atoms with van der Waals surface area (Å²) in [6.07, 6.45) is 0.780. The van der Waals surface area contributed by atoms with E-state index in [1.165, 1.54) is 6.07 Å². The molecule has 1 fully saturated rings. The smallest absolute Gasteiger partial charge is 0.165 e. The number of aliphatic hydroxyl groups is 1. The van der Waals surface area contributed by atoms with Crippen LogP contribution < -0.4 is 4.74 Å². The van der Waals surface area contributed by atoms with Crippen LogP contribution in [0.15, 0.2) is 24.3 Å². The first-order valence-electron chi connectivity index (χ1n) is 8.12. The molecule has 0 radical (unpaired) electrons. The number of halogens is 1. The van der Waals surface area contributed by atoms with Crippen molar-refractivity contribution < 1.29 is 14.2 Å². The third-order valence-corrected chi connectivity index (χ3v) is 4.16. The van der Waals surface area contributed by atoms with Gasteiger partial charge in [0.25, 0.3) is 0 Å². The van der Waals surface area contributed by atoms with E-state index in [0.717, 1.165) is 39.1 Å². The number of rotatable bonds is 7. The Hall–Kier alpha value is -1.17. The molecule has 2 atom stereocenters. The summed E-state index contributed by atoms with van der Waals surface area (Å²) in [6, 6.07) is 6.98. The van der Waals surface area contributed by atoms with Crippen molar-refractivity contribution in [2.45, 2.75) is 32.4 Å². The fraction of sp³-hybridized carbons (Fsp3) is 0.647. The fourth-order valence-electron chi connectivity index (χ4n) is 2.97. The Kier molecular flexibility index (Phi) is 6.61. The molecule has 0 unspecified atom stereocenters. The second-order valence-electron chi connectivity index (χ2n) is 5.99. The fourth-order valence-corrected chi connectivity index (χ4v) is 2.97. The molecular formula is C17H27FN2O2. The predicted molar refractivity (Wildman–Crippen MR) is 85.7 cm³/mol. The molecule has 0 spiro atoms. The molecule has 5 heteroatoms. The van der Waals surface area contributed by atoms with Gasteiger partial charge in [0.1, 0.15) is 6.61 Å². The number of aliphatic hydroxyl groups excluding tert-OH is 1. The number of β-amino-alcohol motifs (C(OH)–C–C–N with tert-alkyl or cyclic N) is 1. The Morgan fingerprint density at radius 1 is 1.36 bits per heavy atom. The maximum Gasteiger partial charge on any atom is 0.165 e. The highest BCUT2D eigenvalue weighted by atomic mass is 19.1. The van der Waals surface area contributed by atoms with Gasteiger partial charge < -0.3 is 9.84 Å². The Morgan fingerprint density at radius 3 is 2.82 bits per heavy atom. The summed E-state index contributed by atoms with van der Waals surface area (Å²) < 4.78 is 19.0. The summed E-state index contributed by atoms with van der Waals surface area (Å²) in [7, 11) is 0. The number of piperazine rings is 1. The topological polar surface area (TPSA) is 35.9 Å². The molecule has 1 saturated heterocycles. The van der Waals surface area contributed by atoms with Crippen molar-refractivity contribution in [3.63, 3.8) is 0 Å². The zero-order chi connectivity index (χ0) is 15.9. The lowest BCUT2D eigenvalue weighted by atomic mass is 10.1. The van der Waals surface area contributed by atoms with Gasteiger partial charge in [0, 0.05) is 38.8 Å². The van der Waals surface area contributed by atoms with Crippen molar-refractivity contribution in [2.24, 2.45) is 0 Å². The summed E-state index contributed by atoms with van der Waals surface area (Å²) in [5, 5.41) is 9.57. The third kappa shape index (κ3) is 4.93. The normalized spacial score (nSPS) is 21.7. The van der Waals surface area contributed by atoms with Crippen molar-refractivity contribution in [3.8, 4) is 5.75 Å². The minimum atomic E-state index is -0.310. The van der Waals surface area contributed by atoms with Crippen LogP contribution in [-0.2, 0) is 0 Å². The average Bonchev–Trinajstić information content (AvgIpc) is 2.50. The van der Waals surface area contributed by atoms with Crippen LogP contribution in [0.5, 0.6) is 5.75 Å². The second-order valence-corrected chi connectivity index (χ2v) is 5.99. The molecule has 0 aromatic heterocycles. The second kappa shape index (κ2) is 8.46. The van der Waals surface area contributed by atoms with Gasteiger partial charge in [0.05, 0.1) is 6.10 Å². The first kappa shape index (κ1) is 17.2. The zero-order valence-corrected chi connectivity index (χ0v) is 13.5. The largest absolute Gasteiger partial charge is 0.489 e. The lowest BCUT2D eigenvalue weighted by Gasteiger charge is -2.41. The van der Waals surface area contributed by atoms with Gasteiger partial charge in [0.2, 0.25) is 0 Å². The van der Waals surface area contributed by atoms with E-state index in [0.29, 0.717) is 18.4 Å². The first-order valence-corrected chi connectivity index (χ1v) is 8.12.